The maximum atomic E-state index is 8.95. The zero-order valence-corrected chi connectivity index (χ0v) is 8.89. The number of rotatable bonds is 2. The number of aliphatic hydroxyl groups excluding tert-OH is 1. The summed E-state index contributed by atoms with van der Waals surface area (Å²) in [6.07, 6.45) is 2.22. The quantitative estimate of drug-likeness (QED) is 0.587. The van der Waals surface area contributed by atoms with E-state index in [2.05, 4.69) is 15.0 Å². The number of ether oxygens (including phenoxy) is 1. The van der Waals surface area contributed by atoms with Gasteiger partial charge >= 0.3 is 0 Å². The molecule has 0 radical (unpaired) electrons. The second-order valence-corrected chi connectivity index (χ2v) is 3.91. The van der Waals surface area contributed by atoms with Crippen LogP contribution >= 0.6 is 0 Å². The number of aliphatic hydroxyl groups is 1. The molecule has 1 aliphatic rings. The van der Waals surface area contributed by atoms with Gasteiger partial charge in [0, 0.05) is 0 Å². The van der Waals surface area contributed by atoms with Crippen molar-refractivity contribution in [2.24, 2.45) is 5.73 Å². The van der Waals surface area contributed by atoms with Gasteiger partial charge in [-0.05, 0) is 0 Å². The number of fused-ring (bicyclic) bond motifs is 1. The van der Waals surface area contributed by atoms with Gasteiger partial charge in [0.15, 0.2) is 17.7 Å². The molecule has 2 aromatic rings. The number of aromatic nitrogens is 4. The molecule has 1 saturated heterocycles. The Bertz CT molecular complexity index is 555. The van der Waals surface area contributed by atoms with Gasteiger partial charge in [0.05, 0.1) is 19.0 Å². The van der Waals surface area contributed by atoms with Crippen LogP contribution in [0.2, 0.25) is 0 Å². The van der Waals surface area contributed by atoms with E-state index in [0.717, 1.165) is 0 Å². The summed E-state index contributed by atoms with van der Waals surface area (Å²) in [5, 5.41) is 8.95. The van der Waals surface area contributed by atoms with Crippen molar-refractivity contribution in [3.05, 3.63) is 12.7 Å². The number of anilines is 1. The maximum absolute atomic E-state index is 8.95. The van der Waals surface area contributed by atoms with Crippen LogP contribution in [-0.2, 0) is 4.74 Å². The first-order chi connectivity index (χ1) is 8.22. The highest BCUT2D eigenvalue weighted by atomic mass is 16.5. The average Bonchev–Trinajstić information content (AvgIpc) is 2.73. The highest BCUT2D eigenvalue weighted by Gasteiger charge is 2.41. The fourth-order valence-corrected chi connectivity index (χ4v) is 1.93. The fraction of sp³-hybridized carbons (Fsp3) is 0.444. The van der Waals surface area contributed by atoms with Crippen LogP contribution in [0.25, 0.3) is 11.2 Å². The van der Waals surface area contributed by atoms with Gasteiger partial charge in [-0.3, -0.25) is 4.57 Å². The summed E-state index contributed by atoms with van der Waals surface area (Å²) < 4.78 is 7.14. The smallest absolute Gasteiger partial charge is 0.167 e. The Morgan fingerprint density at radius 2 is 2.24 bits per heavy atom. The summed E-state index contributed by atoms with van der Waals surface area (Å²) in [6, 6.07) is -0.284. The third-order valence-corrected chi connectivity index (χ3v) is 2.91. The summed E-state index contributed by atoms with van der Waals surface area (Å²) in [6.45, 7) is -0.0958. The minimum absolute atomic E-state index is 0.0958. The largest absolute Gasteiger partial charge is 0.394 e. The number of nitrogens with zero attached hydrogens (tertiary/aromatic N) is 4. The van der Waals surface area contributed by atoms with E-state index in [1.807, 2.05) is 0 Å². The van der Waals surface area contributed by atoms with Crippen LogP contribution in [0, 0.1) is 0 Å². The molecule has 1 aliphatic heterocycles. The Kier molecular flexibility index (Phi) is 2.21. The van der Waals surface area contributed by atoms with Crippen molar-refractivity contribution in [3.63, 3.8) is 0 Å². The predicted octanol–water partition coefficient (Wildman–Crippen LogP) is -1.37. The highest BCUT2D eigenvalue weighted by molar-refractivity contribution is 5.81. The minimum Gasteiger partial charge on any atom is -0.394 e. The van der Waals surface area contributed by atoms with Gasteiger partial charge < -0.3 is 21.3 Å². The molecule has 3 rings (SSSR count). The molecule has 17 heavy (non-hydrogen) atoms. The zero-order chi connectivity index (χ0) is 12.0. The lowest BCUT2D eigenvalue weighted by molar-refractivity contribution is -0.196. The Hall–Kier alpha value is -1.77. The van der Waals surface area contributed by atoms with Gasteiger partial charge in [0.2, 0.25) is 0 Å². The van der Waals surface area contributed by atoms with E-state index in [4.69, 9.17) is 21.3 Å². The van der Waals surface area contributed by atoms with Crippen molar-refractivity contribution in [2.45, 2.75) is 18.4 Å². The van der Waals surface area contributed by atoms with Crippen LogP contribution in [-0.4, -0.2) is 43.4 Å². The lowest BCUT2D eigenvalue weighted by atomic mass is 10.1. The Morgan fingerprint density at radius 1 is 1.41 bits per heavy atom. The summed E-state index contributed by atoms with van der Waals surface area (Å²) in [5.41, 5.74) is 12.7. The Morgan fingerprint density at radius 3 is 2.94 bits per heavy atom. The molecule has 1 fully saturated rings. The van der Waals surface area contributed by atoms with E-state index in [0.29, 0.717) is 17.0 Å². The molecular formula is C9H12N6O2. The number of hydrogen-bond acceptors (Lipinski definition) is 7. The first-order valence-electron chi connectivity index (χ1n) is 5.17. The predicted molar refractivity (Wildman–Crippen MR) is 58.7 cm³/mol. The van der Waals surface area contributed by atoms with Gasteiger partial charge in [-0.2, -0.15) is 0 Å². The minimum atomic E-state index is -0.369. The molecule has 0 amide bonds. The van der Waals surface area contributed by atoms with E-state index in [1.165, 1.54) is 6.33 Å². The summed E-state index contributed by atoms with van der Waals surface area (Å²) in [5.74, 6) is 0.320. The molecule has 0 spiro atoms. The average molecular weight is 236 g/mol. The van der Waals surface area contributed by atoms with Crippen molar-refractivity contribution < 1.29 is 9.84 Å². The third kappa shape index (κ3) is 1.38. The van der Waals surface area contributed by atoms with Crippen molar-refractivity contribution in [1.82, 2.24) is 19.5 Å². The van der Waals surface area contributed by atoms with Gasteiger partial charge in [-0.15, -0.1) is 0 Å². The first-order valence-corrected chi connectivity index (χ1v) is 5.17. The molecule has 3 atom stereocenters. The molecule has 0 bridgehead atoms. The van der Waals surface area contributed by atoms with Crippen LogP contribution in [0.4, 0.5) is 5.82 Å². The highest BCUT2D eigenvalue weighted by Crippen LogP contribution is 2.31. The molecule has 5 N–H and O–H groups in total. The summed E-state index contributed by atoms with van der Waals surface area (Å²) in [4.78, 5) is 12.1. The van der Waals surface area contributed by atoms with E-state index in [9.17, 15) is 0 Å². The van der Waals surface area contributed by atoms with Crippen molar-refractivity contribution >= 4 is 17.0 Å². The van der Waals surface area contributed by atoms with Crippen LogP contribution in [0.1, 0.15) is 6.23 Å². The first kappa shape index (κ1) is 10.4. The third-order valence-electron chi connectivity index (χ3n) is 2.91. The lowest BCUT2D eigenvalue weighted by Gasteiger charge is -2.41. The van der Waals surface area contributed by atoms with Gasteiger partial charge in [-0.1, -0.05) is 0 Å². The van der Waals surface area contributed by atoms with Gasteiger partial charge in [-0.25, -0.2) is 15.0 Å². The van der Waals surface area contributed by atoms with E-state index in [-0.39, 0.29) is 25.0 Å². The van der Waals surface area contributed by atoms with E-state index in [1.54, 1.807) is 10.9 Å². The monoisotopic (exact) mass is 236 g/mol. The lowest BCUT2D eigenvalue weighted by Crippen LogP contribution is -2.57. The van der Waals surface area contributed by atoms with Gasteiger partial charge in [0.1, 0.15) is 17.9 Å². The second kappa shape index (κ2) is 3.62. The molecule has 0 aromatic carbocycles. The van der Waals surface area contributed by atoms with Crippen LogP contribution < -0.4 is 11.5 Å². The van der Waals surface area contributed by atoms with Crippen LogP contribution in [0.15, 0.2) is 12.7 Å². The van der Waals surface area contributed by atoms with Gasteiger partial charge in [0.25, 0.3) is 0 Å². The van der Waals surface area contributed by atoms with Crippen molar-refractivity contribution in [1.29, 1.82) is 0 Å². The van der Waals surface area contributed by atoms with Crippen molar-refractivity contribution in [3.8, 4) is 0 Å². The SMILES string of the molecule is Nc1ncnc2c1ncn2[C@@H]1O[C@H](CO)[C@H]1N. The molecular weight excluding hydrogens is 224 g/mol. The molecule has 8 nitrogen and oxygen atoms in total. The number of imidazole rings is 1. The number of hydrogen-bond donors (Lipinski definition) is 3. The van der Waals surface area contributed by atoms with Crippen LogP contribution in [0.5, 0.6) is 0 Å². The topological polar surface area (TPSA) is 125 Å². The van der Waals surface area contributed by atoms with E-state index >= 15 is 0 Å². The zero-order valence-electron chi connectivity index (χ0n) is 8.89. The Labute approximate surface area is 96.2 Å². The van der Waals surface area contributed by atoms with Crippen molar-refractivity contribution in [2.75, 3.05) is 12.3 Å². The molecule has 0 saturated carbocycles. The molecule has 0 aliphatic carbocycles. The molecule has 3 heterocycles. The Balaban J connectivity index is 2.00. The standard InChI is InChI=1S/C9H12N6O2/c10-5-4(1-16)17-9(5)15-3-14-6-7(11)12-2-13-8(6)15/h2-5,9,16H,1,10H2,(H2,11,12,13)/t4-,5-,9-/m1/s1. The molecule has 8 heteroatoms. The fourth-order valence-electron chi connectivity index (χ4n) is 1.93. The van der Waals surface area contributed by atoms with Crippen LogP contribution in [0.3, 0.4) is 0 Å². The molecule has 2 aromatic heterocycles. The van der Waals surface area contributed by atoms with E-state index < -0.39 is 0 Å². The second-order valence-electron chi connectivity index (χ2n) is 3.91. The molecule has 0 unspecified atom stereocenters. The maximum Gasteiger partial charge on any atom is 0.167 e. The number of nitrogens with two attached hydrogens (primary N) is 2. The summed E-state index contributed by atoms with van der Waals surface area (Å²) >= 11 is 0. The number of nitrogen functional groups attached to an aromatic ring is 1. The molecule has 90 valence electrons. The normalized spacial score (nSPS) is 28.2. The summed E-state index contributed by atoms with van der Waals surface area (Å²) in [7, 11) is 0.